The summed E-state index contributed by atoms with van der Waals surface area (Å²) < 4.78 is 41.4. The molecule has 0 saturated heterocycles. The third-order valence-electron chi connectivity index (χ3n) is 5.38. The molecule has 5 nitrogen and oxygen atoms in total. The van der Waals surface area contributed by atoms with Gasteiger partial charge in [0.1, 0.15) is 0 Å². The summed E-state index contributed by atoms with van der Waals surface area (Å²) in [5, 5.41) is 1.16. The maximum Gasteiger partial charge on any atom is 0.451 e. The van der Waals surface area contributed by atoms with E-state index in [4.69, 9.17) is 11.6 Å². The third kappa shape index (κ3) is 4.17. The summed E-state index contributed by atoms with van der Waals surface area (Å²) in [5.74, 6) is -1.06. The molecule has 0 fully saturated rings. The fourth-order valence-corrected chi connectivity index (χ4v) is 4.97. The summed E-state index contributed by atoms with van der Waals surface area (Å²) >= 11 is 7.43. The minimum Gasteiger partial charge on any atom is -0.342 e. The van der Waals surface area contributed by atoms with Crippen molar-refractivity contribution >= 4 is 33.8 Å². The van der Waals surface area contributed by atoms with E-state index >= 15 is 0 Å². The van der Waals surface area contributed by atoms with Gasteiger partial charge in [-0.25, -0.2) is 15.0 Å². The van der Waals surface area contributed by atoms with Crippen molar-refractivity contribution in [3.05, 3.63) is 74.8 Å². The van der Waals surface area contributed by atoms with Crippen molar-refractivity contribution in [1.29, 1.82) is 0 Å². The second-order valence-electron chi connectivity index (χ2n) is 7.50. The molecule has 160 valence electrons. The van der Waals surface area contributed by atoms with Gasteiger partial charge in [-0.1, -0.05) is 29.8 Å². The van der Waals surface area contributed by atoms with Gasteiger partial charge in [0.25, 0.3) is 0 Å². The Kier molecular flexibility index (Phi) is 5.19. The lowest BCUT2D eigenvalue weighted by molar-refractivity contribution is -0.145. The Morgan fingerprint density at radius 3 is 2.71 bits per heavy atom. The Labute approximate surface area is 185 Å². The van der Waals surface area contributed by atoms with Crippen molar-refractivity contribution in [2.75, 3.05) is 6.54 Å². The quantitative estimate of drug-likeness (QED) is 0.419. The third-order valence-corrected chi connectivity index (χ3v) is 6.48. The van der Waals surface area contributed by atoms with Crippen LogP contribution in [0.2, 0.25) is 4.47 Å². The van der Waals surface area contributed by atoms with Crippen molar-refractivity contribution < 1.29 is 13.2 Å². The summed E-state index contributed by atoms with van der Waals surface area (Å²) in [6, 6.07) is 8.20. The second-order valence-corrected chi connectivity index (χ2v) is 9.20. The highest BCUT2D eigenvalue weighted by Gasteiger charge is 2.35. The molecule has 4 aromatic rings. The van der Waals surface area contributed by atoms with Gasteiger partial charge in [0, 0.05) is 66.0 Å². The first kappa shape index (κ1) is 20.4. The largest absolute Gasteiger partial charge is 0.451 e. The van der Waals surface area contributed by atoms with Crippen molar-refractivity contribution in [3.63, 3.8) is 0 Å². The molecule has 0 saturated carbocycles. The monoisotopic (exact) mass is 463 g/mol. The minimum absolute atomic E-state index is 0.471. The average Bonchev–Trinajstić information content (AvgIpc) is 3.31. The summed E-state index contributed by atoms with van der Waals surface area (Å²) in [7, 11) is 0. The van der Waals surface area contributed by atoms with Crippen molar-refractivity contribution in [1.82, 2.24) is 24.4 Å². The first-order valence-corrected chi connectivity index (χ1v) is 10.9. The number of rotatable bonds is 4. The Hall–Kier alpha value is -2.49. The molecule has 10 heteroatoms. The standard InChI is InChI=1S/C21H17ClF3N5S/c22-20-27-8-15(31-20)12-30-11-14(16-3-1-2-4-18(16)30)10-29-6-5-17-13(9-29)7-26-19(28-17)21(23,24)25/h1-4,7-8,11H,5-6,9-10,12H2. The van der Waals surface area contributed by atoms with Crippen molar-refractivity contribution in [3.8, 4) is 0 Å². The van der Waals surface area contributed by atoms with Crippen LogP contribution in [0.5, 0.6) is 0 Å². The molecule has 1 aromatic carbocycles. The predicted molar refractivity (Wildman–Crippen MR) is 113 cm³/mol. The van der Waals surface area contributed by atoms with Crippen molar-refractivity contribution in [2.24, 2.45) is 0 Å². The predicted octanol–water partition coefficient (Wildman–Crippen LogP) is 5.17. The zero-order chi connectivity index (χ0) is 21.6. The van der Waals surface area contributed by atoms with E-state index in [1.807, 2.05) is 12.1 Å². The summed E-state index contributed by atoms with van der Waals surface area (Å²) in [4.78, 5) is 14.7. The molecule has 5 rings (SSSR count). The number of hydrogen-bond donors (Lipinski definition) is 0. The first-order valence-electron chi connectivity index (χ1n) is 9.68. The van der Waals surface area contributed by atoms with Gasteiger partial charge in [-0.3, -0.25) is 4.90 Å². The fourth-order valence-electron chi connectivity index (χ4n) is 3.99. The smallest absolute Gasteiger partial charge is 0.342 e. The molecular formula is C21H17ClF3N5S. The SMILES string of the molecule is FC(F)(F)c1ncc2c(n1)CCN(Cc1cn(Cc3cnc(Cl)s3)c3ccccc13)C2. The molecular weight excluding hydrogens is 447 g/mol. The Bertz CT molecular complexity index is 1250. The molecule has 31 heavy (non-hydrogen) atoms. The molecule has 0 spiro atoms. The van der Waals surface area contributed by atoms with Gasteiger partial charge in [-0.2, -0.15) is 13.2 Å². The zero-order valence-electron chi connectivity index (χ0n) is 16.2. The van der Waals surface area contributed by atoms with Crippen LogP contribution in [0.15, 0.2) is 42.9 Å². The van der Waals surface area contributed by atoms with Gasteiger partial charge in [0.15, 0.2) is 4.47 Å². The topological polar surface area (TPSA) is 46.8 Å². The number of para-hydroxylation sites is 1. The maximum atomic E-state index is 12.9. The molecule has 0 radical (unpaired) electrons. The van der Waals surface area contributed by atoms with E-state index in [1.54, 1.807) is 6.20 Å². The Balaban J connectivity index is 1.39. The highest BCUT2D eigenvalue weighted by molar-refractivity contribution is 7.15. The maximum absolute atomic E-state index is 12.9. The van der Waals surface area contributed by atoms with E-state index < -0.39 is 12.0 Å². The number of thiazole rings is 1. The van der Waals surface area contributed by atoms with Crippen LogP contribution in [-0.4, -0.2) is 31.0 Å². The summed E-state index contributed by atoms with van der Waals surface area (Å²) in [6.45, 7) is 2.54. The molecule has 4 heterocycles. The number of benzene rings is 1. The lowest BCUT2D eigenvalue weighted by Crippen LogP contribution is -2.31. The van der Waals surface area contributed by atoms with E-state index in [-0.39, 0.29) is 0 Å². The molecule has 0 unspecified atom stereocenters. The molecule has 1 aliphatic rings. The van der Waals surface area contributed by atoms with E-state index in [0.29, 0.717) is 42.8 Å². The van der Waals surface area contributed by atoms with E-state index in [2.05, 4.69) is 42.7 Å². The van der Waals surface area contributed by atoms with Crippen LogP contribution < -0.4 is 0 Å². The molecule has 0 N–H and O–H groups in total. The van der Waals surface area contributed by atoms with Crippen molar-refractivity contribution in [2.45, 2.75) is 32.2 Å². The van der Waals surface area contributed by atoms with Gasteiger partial charge in [-0.05, 0) is 11.6 Å². The Morgan fingerprint density at radius 2 is 1.94 bits per heavy atom. The lowest BCUT2D eigenvalue weighted by Gasteiger charge is -2.28. The van der Waals surface area contributed by atoms with Crippen LogP contribution in [0, 0.1) is 0 Å². The highest BCUT2D eigenvalue weighted by Crippen LogP contribution is 2.30. The van der Waals surface area contributed by atoms with Gasteiger partial charge < -0.3 is 4.57 Å². The minimum atomic E-state index is -4.52. The Morgan fingerprint density at radius 1 is 1.10 bits per heavy atom. The van der Waals surface area contributed by atoms with Gasteiger partial charge >= 0.3 is 6.18 Å². The van der Waals surface area contributed by atoms with E-state index in [0.717, 1.165) is 21.3 Å². The van der Waals surface area contributed by atoms with Crippen LogP contribution in [0.3, 0.4) is 0 Å². The van der Waals surface area contributed by atoms with Gasteiger partial charge in [-0.15, -0.1) is 11.3 Å². The van der Waals surface area contributed by atoms with E-state index in [1.165, 1.54) is 23.1 Å². The van der Waals surface area contributed by atoms with Crippen LogP contribution >= 0.6 is 22.9 Å². The number of halogens is 4. The molecule has 3 aromatic heterocycles. The van der Waals surface area contributed by atoms with Gasteiger partial charge in [0.2, 0.25) is 5.82 Å². The molecule has 0 amide bonds. The summed E-state index contributed by atoms with van der Waals surface area (Å²) in [6.07, 6.45) is 1.19. The molecule has 0 atom stereocenters. The van der Waals surface area contributed by atoms with Crippen LogP contribution in [-0.2, 0) is 32.2 Å². The highest BCUT2D eigenvalue weighted by atomic mass is 35.5. The van der Waals surface area contributed by atoms with Crippen LogP contribution in [0.4, 0.5) is 13.2 Å². The number of alkyl halides is 3. The lowest BCUT2D eigenvalue weighted by atomic mass is 10.1. The summed E-state index contributed by atoms with van der Waals surface area (Å²) in [5.41, 5.74) is 3.53. The number of nitrogens with zero attached hydrogens (tertiary/aromatic N) is 5. The second kappa shape index (κ2) is 7.89. The van der Waals surface area contributed by atoms with Gasteiger partial charge in [0.05, 0.1) is 12.2 Å². The molecule has 1 aliphatic heterocycles. The number of aromatic nitrogens is 4. The van der Waals surface area contributed by atoms with Crippen LogP contribution in [0.25, 0.3) is 10.9 Å². The van der Waals surface area contributed by atoms with Crippen LogP contribution in [0.1, 0.15) is 27.5 Å². The molecule has 0 bridgehead atoms. The number of hydrogen-bond acceptors (Lipinski definition) is 5. The number of fused-ring (bicyclic) bond motifs is 2. The normalized spacial score (nSPS) is 14.8. The first-order chi connectivity index (χ1) is 14.9. The molecule has 0 aliphatic carbocycles. The fraction of sp³-hybridized carbons (Fsp3) is 0.286. The van der Waals surface area contributed by atoms with E-state index in [9.17, 15) is 13.2 Å². The zero-order valence-corrected chi connectivity index (χ0v) is 17.8. The average molecular weight is 464 g/mol.